The molecule has 3 unspecified atom stereocenters. The predicted octanol–water partition coefficient (Wildman–Crippen LogP) is 1.07. The standard InChI is InChI=1S/C26H31N5O6S/c1-4-7-19(28-24(33)17-9-11-18(12-10-17)29(2)3)25(34)30-15-13-21-23(30)22(32)16-31(21)38(36,37)26(35)20-8-5-6-14-27-20/h5-6,8-12,14,19,21,23H,4,7,13,15-16H2,1-3H3,(H,28,33). The van der Waals surface area contributed by atoms with Crippen LogP contribution in [0.25, 0.3) is 0 Å². The van der Waals surface area contributed by atoms with Gasteiger partial charge in [0, 0.05) is 38.1 Å². The van der Waals surface area contributed by atoms with E-state index < -0.39 is 57.4 Å². The minimum atomic E-state index is -4.52. The minimum absolute atomic E-state index is 0.136. The van der Waals surface area contributed by atoms with Crippen molar-refractivity contribution < 1.29 is 27.6 Å². The van der Waals surface area contributed by atoms with Crippen LogP contribution in [0.1, 0.15) is 47.0 Å². The van der Waals surface area contributed by atoms with Crippen LogP contribution in [-0.4, -0.2) is 90.6 Å². The maximum absolute atomic E-state index is 13.6. The van der Waals surface area contributed by atoms with E-state index in [9.17, 15) is 27.6 Å². The van der Waals surface area contributed by atoms with Gasteiger partial charge in [-0.25, -0.2) is 8.42 Å². The van der Waals surface area contributed by atoms with Crippen LogP contribution >= 0.6 is 0 Å². The van der Waals surface area contributed by atoms with Gasteiger partial charge in [-0.05, 0) is 49.2 Å². The molecule has 2 aliphatic heterocycles. The molecule has 0 bridgehead atoms. The molecule has 1 aromatic carbocycles. The molecule has 4 rings (SSSR count). The molecular formula is C26H31N5O6S. The first-order chi connectivity index (χ1) is 18.1. The number of Topliss-reactive ketones (excluding diaryl/α,β-unsaturated/α-hetero) is 1. The zero-order valence-electron chi connectivity index (χ0n) is 21.5. The van der Waals surface area contributed by atoms with Crippen LogP contribution in [0.3, 0.4) is 0 Å². The van der Waals surface area contributed by atoms with Gasteiger partial charge in [0.05, 0.1) is 12.6 Å². The summed E-state index contributed by atoms with van der Waals surface area (Å²) in [5.74, 6) is -1.32. The van der Waals surface area contributed by atoms with Gasteiger partial charge < -0.3 is 15.1 Å². The molecular weight excluding hydrogens is 510 g/mol. The van der Waals surface area contributed by atoms with Crippen molar-refractivity contribution in [2.75, 3.05) is 32.1 Å². The summed E-state index contributed by atoms with van der Waals surface area (Å²) in [5, 5.41) is 1.60. The lowest BCUT2D eigenvalue weighted by atomic mass is 10.1. The van der Waals surface area contributed by atoms with Crippen LogP contribution in [0.2, 0.25) is 0 Å². The van der Waals surface area contributed by atoms with Gasteiger partial charge in [-0.15, -0.1) is 0 Å². The van der Waals surface area contributed by atoms with Gasteiger partial charge in [0.15, 0.2) is 5.78 Å². The normalized spacial score (nSPS) is 20.2. The van der Waals surface area contributed by atoms with Crippen molar-refractivity contribution in [2.24, 2.45) is 0 Å². The van der Waals surface area contributed by atoms with Crippen LogP contribution in [0.4, 0.5) is 5.69 Å². The second kappa shape index (κ2) is 11.0. The van der Waals surface area contributed by atoms with Crippen molar-refractivity contribution in [2.45, 2.75) is 44.3 Å². The number of pyridine rings is 1. The fraction of sp³-hybridized carbons (Fsp3) is 0.423. The summed E-state index contributed by atoms with van der Waals surface area (Å²) in [6.07, 6.45) is 2.47. The summed E-state index contributed by atoms with van der Waals surface area (Å²) in [6.45, 7) is 1.52. The predicted molar refractivity (Wildman–Crippen MR) is 140 cm³/mol. The lowest BCUT2D eigenvalue weighted by molar-refractivity contribution is -0.138. The highest BCUT2D eigenvalue weighted by molar-refractivity contribution is 8.04. The molecule has 2 aliphatic rings. The molecule has 3 heterocycles. The number of carbonyl (C=O) groups excluding carboxylic acids is 4. The average Bonchev–Trinajstić information content (AvgIpc) is 3.49. The summed E-state index contributed by atoms with van der Waals surface area (Å²) in [7, 11) is -0.747. The zero-order valence-corrected chi connectivity index (χ0v) is 22.3. The Morgan fingerprint density at radius 2 is 1.84 bits per heavy atom. The van der Waals surface area contributed by atoms with Crippen LogP contribution in [0.5, 0.6) is 0 Å². The highest BCUT2D eigenvalue weighted by Crippen LogP contribution is 2.33. The van der Waals surface area contributed by atoms with E-state index in [1.807, 2.05) is 25.9 Å². The Morgan fingerprint density at radius 3 is 2.45 bits per heavy atom. The number of rotatable bonds is 8. The van der Waals surface area contributed by atoms with Gasteiger partial charge in [0.2, 0.25) is 5.91 Å². The molecule has 11 nitrogen and oxygen atoms in total. The molecule has 202 valence electrons. The molecule has 2 aromatic rings. The van der Waals surface area contributed by atoms with Crippen molar-refractivity contribution in [1.82, 2.24) is 19.5 Å². The first kappa shape index (κ1) is 27.4. The Hall–Kier alpha value is -3.64. The Labute approximate surface area is 221 Å². The second-order valence-electron chi connectivity index (χ2n) is 9.61. The van der Waals surface area contributed by atoms with Crippen molar-refractivity contribution >= 4 is 38.4 Å². The lowest BCUT2D eigenvalue weighted by Gasteiger charge is -2.28. The van der Waals surface area contributed by atoms with Gasteiger partial charge >= 0.3 is 5.12 Å². The SMILES string of the molecule is CCCC(NC(=O)c1ccc(N(C)C)cc1)C(=O)N1CCC2C1C(=O)CN2S(=O)(=O)C(=O)c1ccccn1. The third kappa shape index (κ3) is 5.18. The van der Waals surface area contributed by atoms with Gasteiger partial charge in [-0.2, -0.15) is 4.31 Å². The largest absolute Gasteiger partial charge is 0.378 e. The quantitative estimate of drug-likeness (QED) is 0.524. The molecule has 0 saturated carbocycles. The van der Waals surface area contributed by atoms with Crippen LogP contribution in [-0.2, 0) is 19.6 Å². The summed E-state index contributed by atoms with van der Waals surface area (Å²) in [4.78, 5) is 59.3. The number of amides is 2. The number of aromatic nitrogens is 1. The molecule has 2 amide bonds. The number of nitrogens with one attached hydrogen (secondary N) is 1. The first-order valence-electron chi connectivity index (χ1n) is 12.4. The molecule has 2 fully saturated rings. The maximum atomic E-state index is 13.6. The third-order valence-electron chi connectivity index (χ3n) is 6.90. The molecule has 0 radical (unpaired) electrons. The first-order valence-corrected chi connectivity index (χ1v) is 13.9. The van der Waals surface area contributed by atoms with Gasteiger partial charge in [-0.3, -0.25) is 24.2 Å². The fourth-order valence-corrected chi connectivity index (χ4v) is 6.43. The Kier molecular flexibility index (Phi) is 7.93. The van der Waals surface area contributed by atoms with Crippen LogP contribution in [0.15, 0.2) is 48.7 Å². The number of nitrogens with zero attached hydrogens (tertiary/aromatic N) is 4. The number of likely N-dealkylation sites (tertiary alicyclic amines) is 1. The van der Waals surface area contributed by atoms with E-state index >= 15 is 0 Å². The van der Waals surface area contributed by atoms with Crippen molar-refractivity contribution in [1.29, 1.82) is 0 Å². The topological polar surface area (TPSA) is 137 Å². The molecule has 1 aromatic heterocycles. The third-order valence-corrected chi connectivity index (χ3v) is 8.60. The Balaban J connectivity index is 1.50. The Morgan fingerprint density at radius 1 is 1.13 bits per heavy atom. The molecule has 2 saturated heterocycles. The minimum Gasteiger partial charge on any atom is -0.378 e. The van der Waals surface area contributed by atoms with E-state index in [1.54, 1.807) is 30.3 Å². The second-order valence-corrected chi connectivity index (χ2v) is 11.4. The van der Waals surface area contributed by atoms with Crippen molar-refractivity contribution in [3.8, 4) is 0 Å². The number of hydrogen-bond acceptors (Lipinski definition) is 8. The summed E-state index contributed by atoms with van der Waals surface area (Å²) in [6, 6.07) is 8.57. The van der Waals surface area contributed by atoms with Crippen molar-refractivity contribution in [3.63, 3.8) is 0 Å². The average molecular weight is 542 g/mol. The van der Waals surface area contributed by atoms with E-state index in [2.05, 4.69) is 10.3 Å². The number of hydrogen-bond donors (Lipinski definition) is 1. The van der Waals surface area contributed by atoms with Gasteiger partial charge in [0.1, 0.15) is 17.8 Å². The van der Waals surface area contributed by atoms with Gasteiger partial charge in [0.25, 0.3) is 15.9 Å². The van der Waals surface area contributed by atoms with E-state index in [0.29, 0.717) is 18.4 Å². The van der Waals surface area contributed by atoms with E-state index in [4.69, 9.17) is 0 Å². The van der Waals surface area contributed by atoms with E-state index in [0.717, 1.165) is 9.99 Å². The Bertz CT molecular complexity index is 1330. The monoisotopic (exact) mass is 541 g/mol. The fourth-order valence-electron chi connectivity index (χ4n) is 4.96. The van der Waals surface area contributed by atoms with Crippen LogP contribution < -0.4 is 10.2 Å². The number of anilines is 1. The molecule has 3 atom stereocenters. The smallest absolute Gasteiger partial charge is 0.310 e. The van der Waals surface area contributed by atoms with E-state index in [-0.39, 0.29) is 18.7 Å². The molecule has 1 N–H and O–H groups in total. The molecule has 38 heavy (non-hydrogen) atoms. The number of ketones is 1. The highest BCUT2D eigenvalue weighted by Gasteiger charge is 2.55. The van der Waals surface area contributed by atoms with Gasteiger partial charge in [-0.1, -0.05) is 19.4 Å². The summed E-state index contributed by atoms with van der Waals surface area (Å²) in [5.41, 5.74) is 1.08. The maximum Gasteiger partial charge on any atom is 0.310 e. The van der Waals surface area contributed by atoms with Crippen LogP contribution in [0, 0.1) is 0 Å². The number of sulfonamides is 1. The summed E-state index contributed by atoms with van der Waals surface area (Å²) < 4.78 is 27.1. The number of benzene rings is 1. The lowest BCUT2D eigenvalue weighted by Crippen LogP contribution is -2.52. The molecule has 0 spiro atoms. The summed E-state index contributed by atoms with van der Waals surface area (Å²) >= 11 is 0. The number of fused-ring (bicyclic) bond motifs is 1. The van der Waals surface area contributed by atoms with E-state index in [1.165, 1.54) is 23.2 Å². The zero-order chi connectivity index (χ0) is 27.6. The number of carbonyl (C=O) groups is 4. The molecule has 12 heteroatoms. The highest BCUT2D eigenvalue weighted by atomic mass is 32.2. The van der Waals surface area contributed by atoms with Crippen molar-refractivity contribution in [3.05, 3.63) is 59.9 Å². The molecule has 0 aliphatic carbocycles.